The fourth-order valence-corrected chi connectivity index (χ4v) is 5.09. The highest BCUT2D eigenvalue weighted by Gasteiger charge is 2.45. The van der Waals surface area contributed by atoms with Crippen molar-refractivity contribution in [2.24, 2.45) is 0 Å². The highest BCUT2D eigenvalue weighted by molar-refractivity contribution is 9.10. The van der Waals surface area contributed by atoms with E-state index in [2.05, 4.69) is 15.9 Å². The lowest BCUT2D eigenvalue weighted by molar-refractivity contribution is -0.117. The zero-order valence-corrected chi connectivity index (χ0v) is 22.0. The van der Waals surface area contributed by atoms with E-state index in [4.69, 9.17) is 18.6 Å². The predicted octanol–water partition coefficient (Wildman–Crippen LogP) is 6.49. The molecule has 1 unspecified atom stereocenters. The molecule has 1 amide bonds. The molecule has 3 aromatic carbocycles. The summed E-state index contributed by atoms with van der Waals surface area (Å²) in [7, 11) is 0. The zero-order chi connectivity index (χ0) is 26.6. The average Bonchev–Trinajstić information content (AvgIpc) is 3.59. The number of hydrogen-bond acceptors (Lipinski definition) is 7. The van der Waals surface area contributed by atoms with Crippen LogP contribution in [-0.4, -0.2) is 29.7 Å². The maximum atomic E-state index is 13.8. The molecule has 0 saturated carbocycles. The van der Waals surface area contributed by atoms with Gasteiger partial charge in [-0.15, -0.1) is 0 Å². The highest BCUT2D eigenvalue weighted by atomic mass is 79.9. The lowest BCUT2D eigenvalue weighted by atomic mass is 9.94. The zero-order valence-electron chi connectivity index (χ0n) is 20.4. The molecule has 38 heavy (non-hydrogen) atoms. The molecule has 0 spiro atoms. The third-order valence-corrected chi connectivity index (χ3v) is 6.85. The number of furan rings is 1. The van der Waals surface area contributed by atoms with Crippen LogP contribution in [0.3, 0.4) is 0 Å². The largest absolute Gasteiger partial charge is 0.503 e. The number of rotatable bonds is 6. The summed E-state index contributed by atoms with van der Waals surface area (Å²) in [6.45, 7) is 3.92. The van der Waals surface area contributed by atoms with E-state index < -0.39 is 23.5 Å². The molecule has 2 aliphatic heterocycles. The number of anilines is 1. The minimum atomic E-state index is -0.927. The molecule has 9 heteroatoms. The molecule has 1 atom stereocenters. The number of benzene rings is 3. The van der Waals surface area contributed by atoms with Gasteiger partial charge in [0.15, 0.2) is 23.0 Å². The number of aliphatic hydroxyl groups is 1. The molecule has 0 radical (unpaired) electrons. The topological polar surface area (TPSA) is 98.4 Å². The van der Waals surface area contributed by atoms with Gasteiger partial charge in [-0.25, -0.2) is 0 Å². The number of ether oxygens (including phenoxy) is 3. The molecule has 1 aromatic heterocycles. The lowest BCUT2D eigenvalue weighted by Gasteiger charge is -2.27. The van der Waals surface area contributed by atoms with Gasteiger partial charge in [-0.1, -0.05) is 28.1 Å². The summed E-state index contributed by atoms with van der Waals surface area (Å²) in [4.78, 5) is 28.7. The molecule has 6 rings (SSSR count). The Balaban J connectivity index is 1.46. The van der Waals surface area contributed by atoms with Crippen LogP contribution in [0.25, 0.3) is 11.0 Å². The average molecular weight is 576 g/mol. The fourth-order valence-electron chi connectivity index (χ4n) is 4.71. The Morgan fingerprint density at radius 1 is 1.03 bits per heavy atom. The molecule has 4 aromatic rings. The number of carbonyl (C=O) groups is 2. The van der Waals surface area contributed by atoms with Gasteiger partial charge in [0.05, 0.1) is 17.7 Å². The molecule has 0 saturated heterocycles. The summed E-state index contributed by atoms with van der Waals surface area (Å²) in [6.07, 6.45) is -0.0201. The number of fused-ring (bicyclic) bond motifs is 2. The third-order valence-electron chi connectivity index (χ3n) is 6.36. The van der Waals surface area contributed by atoms with E-state index in [0.717, 1.165) is 4.47 Å². The van der Waals surface area contributed by atoms with Crippen LogP contribution in [0.5, 0.6) is 17.2 Å². The first-order chi connectivity index (χ1) is 18.3. The third kappa shape index (κ3) is 4.09. The van der Waals surface area contributed by atoms with E-state index >= 15 is 0 Å². The van der Waals surface area contributed by atoms with Crippen molar-refractivity contribution in [3.05, 3.63) is 93.9 Å². The molecular formula is C29H22BrNO7. The van der Waals surface area contributed by atoms with Gasteiger partial charge in [0.1, 0.15) is 11.3 Å². The van der Waals surface area contributed by atoms with Crippen molar-refractivity contribution in [1.82, 2.24) is 0 Å². The predicted molar refractivity (Wildman–Crippen MR) is 143 cm³/mol. The summed E-state index contributed by atoms with van der Waals surface area (Å²) < 4.78 is 23.3. The Morgan fingerprint density at radius 2 is 1.79 bits per heavy atom. The second kappa shape index (κ2) is 9.25. The first-order valence-electron chi connectivity index (χ1n) is 12.0. The molecular weight excluding hydrogens is 554 g/mol. The Bertz CT molecular complexity index is 1620. The molecule has 2 aliphatic rings. The summed E-state index contributed by atoms with van der Waals surface area (Å²) in [5.74, 6) is -0.249. The minimum Gasteiger partial charge on any atom is -0.503 e. The monoisotopic (exact) mass is 575 g/mol. The molecule has 0 aliphatic carbocycles. The minimum absolute atomic E-state index is 0.0183. The van der Waals surface area contributed by atoms with Gasteiger partial charge in [-0.3, -0.25) is 14.5 Å². The van der Waals surface area contributed by atoms with Crippen molar-refractivity contribution < 1.29 is 33.3 Å². The van der Waals surface area contributed by atoms with E-state index in [0.29, 0.717) is 39.5 Å². The van der Waals surface area contributed by atoms with Crippen LogP contribution in [-0.2, 0) is 4.79 Å². The molecule has 8 nitrogen and oxygen atoms in total. The molecule has 0 bridgehead atoms. The van der Waals surface area contributed by atoms with Gasteiger partial charge >= 0.3 is 0 Å². The van der Waals surface area contributed by atoms with E-state index in [1.807, 2.05) is 19.9 Å². The van der Waals surface area contributed by atoms with Crippen LogP contribution in [0, 0.1) is 0 Å². The standard InChI is InChI=1S/C29H22BrNO7/c1-15(2)37-20-7-3-16(4-8-20)26-25(27(32)24-12-17-11-18(30)5-9-21(17)38-24)28(33)29(34)31(26)19-6-10-22-23(13-19)36-14-35-22/h3-13,15,26,33H,14H2,1-2H3. The van der Waals surface area contributed by atoms with Crippen LogP contribution in [0.4, 0.5) is 5.69 Å². The van der Waals surface area contributed by atoms with E-state index in [1.54, 1.807) is 60.7 Å². The van der Waals surface area contributed by atoms with Crippen molar-refractivity contribution in [2.45, 2.75) is 26.0 Å². The van der Waals surface area contributed by atoms with Crippen molar-refractivity contribution in [2.75, 3.05) is 11.7 Å². The number of ketones is 1. The van der Waals surface area contributed by atoms with Crippen molar-refractivity contribution in [3.8, 4) is 17.2 Å². The number of hydrogen-bond donors (Lipinski definition) is 1. The number of Topliss-reactive ketones (excluding diaryl/α,β-unsaturated/α-hetero) is 1. The smallest absolute Gasteiger partial charge is 0.294 e. The normalized spacial score (nSPS) is 16.7. The second-order valence-corrected chi connectivity index (χ2v) is 10.2. The summed E-state index contributed by atoms with van der Waals surface area (Å²) >= 11 is 3.42. The van der Waals surface area contributed by atoms with Gasteiger partial charge < -0.3 is 23.7 Å². The van der Waals surface area contributed by atoms with Gasteiger partial charge in [-0.05, 0) is 67.9 Å². The summed E-state index contributed by atoms with van der Waals surface area (Å²) in [5.41, 5.74) is 1.48. The quantitative estimate of drug-likeness (QED) is 0.262. The fraction of sp³-hybridized carbons (Fsp3) is 0.172. The maximum Gasteiger partial charge on any atom is 0.294 e. The van der Waals surface area contributed by atoms with Crippen molar-refractivity contribution in [3.63, 3.8) is 0 Å². The number of nitrogens with zero attached hydrogens (tertiary/aromatic N) is 1. The Morgan fingerprint density at radius 3 is 2.55 bits per heavy atom. The first kappa shape index (κ1) is 24.1. The molecule has 3 heterocycles. The molecule has 192 valence electrons. The van der Waals surface area contributed by atoms with Crippen LogP contribution >= 0.6 is 15.9 Å². The Kier molecular flexibility index (Phi) is 5.87. The highest BCUT2D eigenvalue weighted by Crippen LogP contribution is 2.45. The van der Waals surface area contributed by atoms with E-state index in [-0.39, 0.29) is 24.2 Å². The van der Waals surface area contributed by atoms with Gasteiger partial charge in [-0.2, -0.15) is 0 Å². The number of aliphatic hydroxyl groups excluding tert-OH is 1. The van der Waals surface area contributed by atoms with Gasteiger partial charge in [0.25, 0.3) is 5.91 Å². The van der Waals surface area contributed by atoms with Crippen LogP contribution < -0.4 is 19.1 Å². The number of halogens is 1. The van der Waals surface area contributed by atoms with E-state index in [9.17, 15) is 14.7 Å². The number of amides is 1. The number of carbonyl (C=O) groups excluding carboxylic acids is 2. The van der Waals surface area contributed by atoms with Crippen LogP contribution in [0.15, 0.2) is 87.0 Å². The second-order valence-electron chi connectivity index (χ2n) is 9.24. The van der Waals surface area contributed by atoms with Crippen LogP contribution in [0.1, 0.15) is 36.0 Å². The van der Waals surface area contributed by atoms with Crippen molar-refractivity contribution >= 4 is 44.3 Å². The van der Waals surface area contributed by atoms with E-state index in [1.165, 1.54) is 4.90 Å². The van der Waals surface area contributed by atoms with Crippen molar-refractivity contribution in [1.29, 1.82) is 0 Å². The molecule has 0 fully saturated rings. The SMILES string of the molecule is CC(C)Oc1ccc(C2C(C(=O)c3cc4cc(Br)ccc4o3)=C(O)C(=O)N2c2ccc3c(c2)OCO3)cc1. The lowest BCUT2D eigenvalue weighted by Crippen LogP contribution is -2.31. The Labute approximate surface area is 226 Å². The molecule has 1 N–H and O–H groups in total. The summed E-state index contributed by atoms with van der Waals surface area (Å²) in [5, 5.41) is 11.8. The maximum absolute atomic E-state index is 13.8. The Hall–Kier alpha value is -4.24. The summed E-state index contributed by atoms with van der Waals surface area (Å²) in [6, 6.07) is 18.2. The van der Waals surface area contributed by atoms with Crippen LogP contribution in [0.2, 0.25) is 0 Å². The first-order valence-corrected chi connectivity index (χ1v) is 12.8. The van der Waals surface area contributed by atoms with Gasteiger partial charge in [0, 0.05) is 21.6 Å². The van der Waals surface area contributed by atoms with Gasteiger partial charge in [0.2, 0.25) is 12.6 Å².